The van der Waals surface area contributed by atoms with Crippen molar-refractivity contribution in [3.63, 3.8) is 0 Å². The summed E-state index contributed by atoms with van der Waals surface area (Å²) >= 11 is 12.3. The Hall–Kier alpha value is -2.44. The molecule has 2 aromatic rings. The van der Waals surface area contributed by atoms with E-state index >= 15 is 0 Å². The number of rotatable bonds is 5. The van der Waals surface area contributed by atoms with Gasteiger partial charge in [-0.3, -0.25) is 4.79 Å². The van der Waals surface area contributed by atoms with Crippen LogP contribution in [0.25, 0.3) is 0 Å². The molecule has 0 saturated heterocycles. The lowest BCUT2D eigenvalue weighted by Gasteiger charge is -2.09. The third-order valence-corrected chi connectivity index (χ3v) is 4.67. The molecule has 26 heavy (non-hydrogen) atoms. The SMILES string of the molecule is Cc1cc(OCC(=O)N/N=C/c2ccc3c(c2Cl)OCO3)cc(C)c1Cl. The Balaban J connectivity index is 1.55. The minimum absolute atomic E-state index is 0.132. The van der Waals surface area contributed by atoms with Crippen LogP contribution in [0.1, 0.15) is 16.7 Å². The largest absolute Gasteiger partial charge is 0.484 e. The van der Waals surface area contributed by atoms with Crippen molar-refractivity contribution in [2.45, 2.75) is 13.8 Å². The van der Waals surface area contributed by atoms with Crippen LogP contribution in [0.4, 0.5) is 0 Å². The predicted molar refractivity (Wildman–Crippen MR) is 99.7 cm³/mol. The van der Waals surface area contributed by atoms with Gasteiger partial charge in [0.1, 0.15) is 5.75 Å². The quantitative estimate of drug-likeness (QED) is 0.617. The van der Waals surface area contributed by atoms with Crippen LogP contribution in [0.15, 0.2) is 29.4 Å². The number of halogens is 2. The maximum Gasteiger partial charge on any atom is 0.277 e. The number of benzene rings is 2. The number of nitrogens with zero attached hydrogens (tertiary/aromatic N) is 1. The van der Waals surface area contributed by atoms with Crippen molar-refractivity contribution in [1.82, 2.24) is 5.43 Å². The average Bonchev–Trinajstić information content (AvgIpc) is 3.09. The number of carbonyl (C=O) groups is 1. The van der Waals surface area contributed by atoms with Crippen LogP contribution < -0.4 is 19.6 Å². The van der Waals surface area contributed by atoms with E-state index in [1.54, 1.807) is 24.3 Å². The molecular formula is C18H16Cl2N2O4. The van der Waals surface area contributed by atoms with Gasteiger partial charge < -0.3 is 14.2 Å². The van der Waals surface area contributed by atoms with Crippen LogP contribution in [0.2, 0.25) is 10.0 Å². The van der Waals surface area contributed by atoms with Gasteiger partial charge in [0.25, 0.3) is 5.91 Å². The van der Waals surface area contributed by atoms with Crippen molar-refractivity contribution in [3.8, 4) is 17.2 Å². The van der Waals surface area contributed by atoms with Gasteiger partial charge in [0.2, 0.25) is 6.79 Å². The Bertz CT molecular complexity index is 861. The van der Waals surface area contributed by atoms with E-state index in [-0.39, 0.29) is 13.4 Å². The third-order valence-electron chi connectivity index (χ3n) is 3.68. The molecule has 136 valence electrons. The van der Waals surface area contributed by atoms with E-state index in [1.807, 2.05) is 13.8 Å². The molecule has 8 heteroatoms. The lowest BCUT2D eigenvalue weighted by atomic mass is 10.1. The van der Waals surface area contributed by atoms with Gasteiger partial charge in [0, 0.05) is 10.6 Å². The lowest BCUT2D eigenvalue weighted by molar-refractivity contribution is -0.123. The van der Waals surface area contributed by atoms with Gasteiger partial charge in [-0.1, -0.05) is 23.2 Å². The molecule has 1 aliphatic heterocycles. The second kappa shape index (κ2) is 7.85. The maximum absolute atomic E-state index is 11.9. The van der Waals surface area contributed by atoms with Gasteiger partial charge in [-0.05, 0) is 49.2 Å². The van der Waals surface area contributed by atoms with Crippen molar-refractivity contribution in [2.24, 2.45) is 5.10 Å². The van der Waals surface area contributed by atoms with Crippen molar-refractivity contribution >= 4 is 35.3 Å². The van der Waals surface area contributed by atoms with Crippen LogP contribution in [0.5, 0.6) is 17.2 Å². The molecule has 0 spiro atoms. The molecule has 1 amide bonds. The van der Waals surface area contributed by atoms with E-state index in [4.69, 9.17) is 37.4 Å². The Morgan fingerprint density at radius 3 is 2.69 bits per heavy atom. The zero-order valence-electron chi connectivity index (χ0n) is 14.1. The fourth-order valence-corrected chi connectivity index (χ4v) is 2.77. The first-order valence-corrected chi connectivity index (χ1v) is 8.51. The van der Waals surface area contributed by atoms with Crippen molar-refractivity contribution in [2.75, 3.05) is 13.4 Å². The summed E-state index contributed by atoms with van der Waals surface area (Å²) in [7, 11) is 0. The summed E-state index contributed by atoms with van der Waals surface area (Å²) in [5, 5.41) is 4.95. The molecule has 0 saturated carbocycles. The van der Waals surface area contributed by atoms with E-state index in [1.165, 1.54) is 6.21 Å². The highest BCUT2D eigenvalue weighted by Crippen LogP contribution is 2.40. The van der Waals surface area contributed by atoms with Crippen LogP contribution in [0.3, 0.4) is 0 Å². The summed E-state index contributed by atoms with van der Waals surface area (Å²) in [6.45, 7) is 3.71. The van der Waals surface area contributed by atoms with Gasteiger partial charge >= 0.3 is 0 Å². The second-order valence-corrected chi connectivity index (χ2v) is 6.41. The van der Waals surface area contributed by atoms with Gasteiger partial charge in [0.15, 0.2) is 18.1 Å². The fourth-order valence-electron chi connectivity index (χ4n) is 2.40. The number of hydrogen-bond donors (Lipinski definition) is 1. The molecule has 0 bridgehead atoms. The Morgan fingerprint density at radius 2 is 1.96 bits per heavy atom. The minimum Gasteiger partial charge on any atom is -0.484 e. The normalized spacial score (nSPS) is 12.5. The van der Waals surface area contributed by atoms with Crippen molar-refractivity contribution < 1.29 is 19.0 Å². The molecule has 0 aromatic heterocycles. The number of carbonyl (C=O) groups excluding carboxylic acids is 1. The van der Waals surface area contributed by atoms with Gasteiger partial charge in [-0.25, -0.2) is 5.43 Å². The summed E-state index contributed by atoms with van der Waals surface area (Å²) in [6, 6.07) is 7.00. The van der Waals surface area contributed by atoms with E-state index in [2.05, 4.69) is 10.5 Å². The molecule has 6 nitrogen and oxygen atoms in total. The second-order valence-electron chi connectivity index (χ2n) is 5.66. The molecule has 0 aliphatic carbocycles. The number of aryl methyl sites for hydroxylation is 2. The number of ether oxygens (including phenoxy) is 3. The highest BCUT2D eigenvalue weighted by atomic mass is 35.5. The first-order valence-electron chi connectivity index (χ1n) is 7.75. The number of amides is 1. The molecule has 0 unspecified atom stereocenters. The fraction of sp³-hybridized carbons (Fsp3) is 0.222. The number of fused-ring (bicyclic) bond motifs is 1. The molecule has 3 rings (SSSR count). The smallest absolute Gasteiger partial charge is 0.277 e. The van der Waals surface area contributed by atoms with Crippen LogP contribution in [-0.2, 0) is 4.79 Å². The molecule has 1 heterocycles. The zero-order chi connectivity index (χ0) is 18.7. The maximum atomic E-state index is 11.9. The Labute approximate surface area is 160 Å². The number of hydrazone groups is 1. The van der Waals surface area contributed by atoms with E-state index in [0.717, 1.165) is 11.1 Å². The number of nitrogens with one attached hydrogen (secondary N) is 1. The first-order chi connectivity index (χ1) is 12.5. The van der Waals surface area contributed by atoms with E-state index in [9.17, 15) is 4.79 Å². The molecule has 0 atom stereocenters. The molecule has 1 aliphatic rings. The van der Waals surface area contributed by atoms with Crippen LogP contribution in [-0.4, -0.2) is 25.5 Å². The Morgan fingerprint density at radius 1 is 1.23 bits per heavy atom. The minimum atomic E-state index is -0.400. The van der Waals surface area contributed by atoms with Gasteiger partial charge in [-0.15, -0.1) is 0 Å². The lowest BCUT2D eigenvalue weighted by Crippen LogP contribution is -2.24. The highest BCUT2D eigenvalue weighted by molar-refractivity contribution is 6.34. The average molecular weight is 395 g/mol. The molecule has 2 aromatic carbocycles. The van der Waals surface area contributed by atoms with Crippen LogP contribution >= 0.6 is 23.2 Å². The standard InChI is InChI=1S/C18H16Cl2N2O4/c1-10-5-13(6-11(2)16(10)19)24-8-15(23)22-21-7-12-3-4-14-18(17(12)20)26-9-25-14/h3-7H,8-9H2,1-2H3,(H,22,23)/b21-7+. The first kappa shape index (κ1) is 18.4. The van der Waals surface area contributed by atoms with Crippen molar-refractivity contribution in [3.05, 3.63) is 51.0 Å². The third kappa shape index (κ3) is 4.03. The zero-order valence-corrected chi connectivity index (χ0v) is 15.6. The Kier molecular flexibility index (Phi) is 5.54. The summed E-state index contributed by atoms with van der Waals surface area (Å²) in [6.07, 6.45) is 1.43. The summed E-state index contributed by atoms with van der Waals surface area (Å²) in [5.74, 6) is 1.22. The van der Waals surface area contributed by atoms with E-state index < -0.39 is 5.91 Å². The highest BCUT2D eigenvalue weighted by Gasteiger charge is 2.18. The van der Waals surface area contributed by atoms with E-state index in [0.29, 0.717) is 32.9 Å². The van der Waals surface area contributed by atoms with Crippen LogP contribution in [0, 0.1) is 13.8 Å². The molecule has 0 fully saturated rings. The monoisotopic (exact) mass is 394 g/mol. The topological polar surface area (TPSA) is 69.2 Å². The molecule has 0 radical (unpaired) electrons. The summed E-state index contributed by atoms with van der Waals surface area (Å²) in [4.78, 5) is 11.9. The molecular weight excluding hydrogens is 379 g/mol. The molecule has 1 N–H and O–H groups in total. The van der Waals surface area contributed by atoms with Crippen molar-refractivity contribution in [1.29, 1.82) is 0 Å². The number of hydrogen-bond acceptors (Lipinski definition) is 5. The summed E-state index contributed by atoms with van der Waals surface area (Å²) < 4.78 is 16.0. The summed E-state index contributed by atoms with van der Waals surface area (Å²) in [5.41, 5.74) is 4.76. The predicted octanol–water partition coefficient (Wildman–Crippen LogP) is 3.87. The van der Waals surface area contributed by atoms with Gasteiger partial charge in [-0.2, -0.15) is 5.10 Å². The van der Waals surface area contributed by atoms with Gasteiger partial charge in [0.05, 0.1) is 11.2 Å².